The Balaban J connectivity index is 2.17. The highest BCUT2D eigenvalue weighted by molar-refractivity contribution is 5.94. The first-order valence-electron chi connectivity index (χ1n) is 7.55. The van der Waals surface area contributed by atoms with E-state index < -0.39 is 0 Å². The van der Waals surface area contributed by atoms with E-state index in [-0.39, 0.29) is 11.6 Å². The first-order valence-corrected chi connectivity index (χ1v) is 7.55. The van der Waals surface area contributed by atoms with Crippen molar-refractivity contribution in [3.05, 3.63) is 53.8 Å². The number of carbonyl (C=O) groups is 1. The van der Waals surface area contributed by atoms with Gasteiger partial charge in [0.1, 0.15) is 11.6 Å². The largest absolute Gasteiger partial charge is 0.493 e. The number of halogens is 1. The van der Waals surface area contributed by atoms with Gasteiger partial charge in [0.2, 0.25) is 0 Å². The van der Waals surface area contributed by atoms with E-state index in [9.17, 15) is 9.18 Å². The molecule has 0 aliphatic heterocycles. The maximum atomic E-state index is 14.3. The summed E-state index contributed by atoms with van der Waals surface area (Å²) in [4.78, 5) is 11.3. The molecule has 0 aromatic heterocycles. The van der Waals surface area contributed by atoms with E-state index in [4.69, 9.17) is 4.74 Å². The van der Waals surface area contributed by atoms with E-state index in [1.165, 1.54) is 13.0 Å². The average Bonchev–Trinajstić information content (AvgIpc) is 2.52. The molecule has 0 fully saturated rings. The molecule has 2 aromatic carbocycles. The smallest absolute Gasteiger partial charge is 0.159 e. The van der Waals surface area contributed by atoms with Gasteiger partial charge in [0.05, 0.1) is 6.61 Å². The van der Waals surface area contributed by atoms with Crippen LogP contribution in [-0.2, 0) is 0 Å². The Kier molecular flexibility index (Phi) is 5.31. The van der Waals surface area contributed by atoms with E-state index in [1.807, 2.05) is 0 Å². The molecule has 116 valence electrons. The summed E-state index contributed by atoms with van der Waals surface area (Å²) in [6.07, 6.45) is 1.03. The second kappa shape index (κ2) is 7.21. The minimum absolute atomic E-state index is 0.000754. The van der Waals surface area contributed by atoms with Gasteiger partial charge >= 0.3 is 0 Å². The molecule has 22 heavy (non-hydrogen) atoms. The van der Waals surface area contributed by atoms with Crippen LogP contribution in [0.2, 0.25) is 0 Å². The minimum Gasteiger partial charge on any atom is -0.493 e. The van der Waals surface area contributed by atoms with Gasteiger partial charge in [-0.15, -0.1) is 0 Å². The molecule has 0 aliphatic rings. The summed E-state index contributed by atoms with van der Waals surface area (Å²) >= 11 is 0. The van der Waals surface area contributed by atoms with Gasteiger partial charge in [0, 0.05) is 17.2 Å². The molecule has 0 radical (unpaired) electrons. The second-order valence-corrected chi connectivity index (χ2v) is 5.60. The molecule has 2 nitrogen and oxygen atoms in total. The van der Waals surface area contributed by atoms with Gasteiger partial charge in [-0.1, -0.05) is 44.5 Å². The number of ketones is 1. The zero-order valence-corrected chi connectivity index (χ0v) is 13.2. The summed E-state index contributed by atoms with van der Waals surface area (Å²) in [6.45, 7) is 6.30. The highest BCUT2D eigenvalue weighted by atomic mass is 19.1. The summed E-state index contributed by atoms with van der Waals surface area (Å²) in [5.41, 5.74) is 1.87. The first kappa shape index (κ1) is 16.2. The third-order valence-electron chi connectivity index (χ3n) is 3.77. The highest BCUT2D eigenvalue weighted by Gasteiger charge is 2.08. The van der Waals surface area contributed by atoms with Crippen LogP contribution in [0.3, 0.4) is 0 Å². The highest BCUT2D eigenvalue weighted by Crippen LogP contribution is 2.27. The Bertz CT molecular complexity index is 647. The number of benzene rings is 2. The van der Waals surface area contributed by atoms with Crippen LogP contribution in [-0.4, -0.2) is 12.4 Å². The van der Waals surface area contributed by atoms with Gasteiger partial charge in [-0.05, 0) is 30.5 Å². The summed E-state index contributed by atoms with van der Waals surface area (Å²) in [6, 6.07) is 11.8. The molecule has 0 saturated heterocycles. The summed E-state index contributed by atoms with van der Waals surface area (Å²) < 4.78 is 19.9. The molecule has 1 atom stereocenters. The fourth-order valence-electron chi connectivity index (χ4n) is 2.06. The van der Waals surface area contributed by atoms with Crippen molar-refractivity contribution >= 4 is 5.78 Å². The molecule has 0 bridgehead atoms. The van der Waals surface area contributed by atoms with Gasteiger partial charge in [0.25, 0.3) is 0 Å². The zero-order chi connectivity index (χ0) is 16.1. The van der Waals surface area contributed by atoms with Crippen LogP contribution < -0.4 is 4.74 Å². The maximum absolute atomic E-state index is 14.3. The standard InChI is InChI=1S/C19H21FO2/c1-4-13(2)12-22-17-9-10-18(19(20)11-17)16-7-5-15(6-8-16)14(3)21/h5-11,13H,4,12H2,1-3H3. The van der Waals surface area contributed by atoms with E-state index in [2.05, 4.69) is 13.8 Å². The molecular formula is C19H21FO2. The van der Waals surface area contributed by atoms with Crippen molar-refractivity contribution in [2.24, 2.45) is 5.92 Å². The van der Waals surface area contributed by atoms with Crippen LogP contribution in [0.15, 0.2) is 42.5 Å². The number of rotatable bonds is 6. The van der Waals surface area contributed by atoms with Crippen molar-refractivity contribution in [2.75, 3.05) is 6.61 Å². The van der Waals surface area contributed by atoms with Crippen molar-refractivity contribution < 1.29 is 13.9 Å². The average molecular weight is 300 g/mol. The van der Waals surface area contributed by atoms with Crippen LogP contribution in [0.4, 0.5) is 4.39 Å². The van der Waals surface area contributed by atoms with Crippen molar-refractivity contribution in [3.8, 4) is 16.9 Å². The minimum atomic E-state index is -0.322. The van der Waals surface area contributed by atoms with Crippen molar-refractivity contribution in [2.45, 2.75) is 27.2 Å². The Hall–Kier alpha value is -2.16. The van der Waals surface area contributed by atoms with Gasteiger partial charge in [0.15, 0.2) is 5.78 Å². The molecule has 0 heterocycles. The van der Waals surface area contributed by atoms with Crippen LogP contribution in [0.5, 0.6) is 5.75 Å². The van der Waals surface area contributed by atoms with Crippen molar-refractivity contribution in [1.82, 2.24) is 0 Å². The molecule has 1 unspecified atom stereocenters. The zero-order valence-electron chi connectivity index (χ0n) is 13.2. The Morgan fingerprint density at radius 2 is 1.86 bits per heavy atom. The van der Waals surface area contributed by atoms with E-state index >= 15 is 0 Å². The fourth-order valence-corrected chi connectivity index (χ4v) is 2.06. The van der Waals surface area contributed by atoms with Crippen LogP contribution >= 0.6 is 0 Å². The predicted molar refractivity (Wildman–Crippen MR) is 86.8 cm³/mol. The lowest BCUT2D eigenvalue weighted by molar-refractivity contribution is 0.101. The molecule has 3 heteroatoms. The molecular weight excluding hydrogens is 279 g/mol. The molecule has 2 aromatic rings. The number of carbonyl (C=O) groups excluding carboxylic acids is 1. The summed E-state index contributed by atoms with van der Waals surface area (Å²) in [5.74, 6) is 0.668. The molecule has 0 saturated carbocycles. The lowest BCUT2D eigenvalue weighted by Crippen LogP contribution is -2.07. The lowest BCUT2D eigenvalue weighted by Gasteiger charge is -2.12. The van der Waals surface area contributed by atoms with E-state index in [0.717, 1.165) is 12.0 Å². The number of ether oxygens (including phenoxy) is 1. The summed E-state index contributed by atoms with van der Waals surface area (Å²) in [7, 11) is 0. The third-order valence-corrected chi connectivity index (χ3v) is 3.77. The van der Waals surface area contributed by atoms with Gasteiger partial charge in [-0.2, -0.15) is 0 Å². The predicted octanol–water partition coefficient (Wildman–Crippen LogP) is 5.12. The van der Waals surface area contributed by atoms with Crippen LogP contribution in [0, 0.1) is 11.7 Å². The molecule has 0 spiro atoms. The lowest BCUT2D eigenvalue weighted by atomic mass is 10.0. The van der Waals surface area contributed by atoms with Crippen molar-refractivity contribution in [3.63, 3.8) is 0 Å². The molecule has 0 amide bonds. The Labute approximate surface area is 130 Å². The third kappa shape index (κ3) is 3.94. The van der Waals surface area contributed by atoms with Gasteiger partial charge < -0.3 is 4.74 Å². The Morgan fingerprint density at radius 1 is 1.18 bits per heavy atom. The molecule has 0 aliphatic carbocycles. The number of Topliss-reactive ketones (excluding diaryl/α,β-unsaturated/α-hetero) is 1. The quantitative estimate of drug-likeness (QED) is 0.692. The normalized spacial score (nSPS) is 12.0. The Morgan fingerprint density at radius 3 is 2.41 bits per heavy atom. The van der Waals surface area contributed by atoms with E-state index in [0.29, 0.717) is 29.4 Å². The number of hydrogen-bond acceptors (Lipinski definition) is 2. The fraction of sp³-hybridized carbons (Fsp3) is 0.316. The second-order valence-electron chi connectivity index (χ2n) is 5.60. The molecule has 0 N–H and O–H groups in total. The van der Waals surface area contributed by atoms with Crippen LogP contribution in [0.25, 0.3) is 11.1 Å². The topological polar surface area (TPSA) is 26.3 Å². The monoisotopic (exact) mass is 300 g/mol. The van der Waals surface area contributed by atoms with Gasteiger partial charge in [-0.3, -0.25) is 4.79 Å². The van der Waals surface area contributed by atoms with Crippen molar-refractivity contribution in [1.29, 1.82) is 0 Å². The number of hydrogen-bond donors (Lipinski definition) is 0. The molecule has 2 rings (SSSR count). The van der Waals surface area contributed by atoms with E-state index in [1.54, 1.807) is 36.4 Å². The van der Waals surface area contributed by atoms with Gasteiger partial charge in [-0.25, -0.2) is 4.39 Å². The first-order chi connectivity index (χ1) is 10.5. The summed E-state index contributed by atoms with van der Waals surface area (Å²) in [5, 5.41) is 0. The maximum Gasteiger partial charge on any atom is 0.159 e. The SMILES string of the molecule is CCC(C)COc1ccc(-c2ccc(C(C)=O)cc2)c(F)c1. The van der Waals surface area contributed by atoms with Crippen LogP contribution in [0.1, 0.15) is 37.6 Å².